The van der Waals surface area contributed by atoms with E-state index in [4.69, 9.17) is 15.6 Å². The second-order valence-corrected chi connectivity index (χ2v) is 6.29. The van der Waals surface area contributed by atoms with Crippen molar-refractivity contribution in [2.75, 3.05) is 12.3 Å². The highest BCUT2D eigenvalue weighted by molar-refractivity contribution is 5.81. The van der Waals surface area contributed by atoms with Crippen LogP contribution in [0.4, 0.5) is 5.82 Å². The van der Waals surface area contributed by atoms with Gasteiger partial charge in [0.1, 0.15) is 18.6 Å². The molecule has 0 amide bonds. The average Bonchev–Trinajstić information content (AvgIpc) is 3.01. The Balaban J connectivity index is 0.000000279. The van der Waals surface area contributed by atoms with Crippen LogP contribution in [0.15, 0.2) is 36.8 Å². The van der Waals surface area contributed by atoms with Crippen LogP contribution >= 0.6 is 0 Å². The number of unbranched alkanes of at least 4 members (excludes halogenated alkanes) is 4. The molecule has 0 unspecified atom stereocenters. The first-order chi connectivity index (χ1) is 13.2. The summed E-state index contributed by atoms with van der Waals surface area (Å²) in [5.41, 5.74) is 7.63. The summed E-state index contributed by atoms with van der Waals surface area (Å²) < 4.78 is 7.45. The number of para-hydroxylation sites is 1. The summed E-state index contributed by atoms with van der Waals surface area (Å²) in [6, 6.07) is 8.00. The van der Waals surface area contributed by atoms with E-state index in [2.05, 4.69) is 22.0 Å². The zero-order valence-corrected chi connectivity index (χ0v) is 16.1. The lowest BCUT2D eigenvalue weighted by molar-refractivity contribution is 0.282. The largest absolute Gasteiger partial charge is 0.482 e. The van der Waals surface area contributed by atoms with Crippen molar-refractivity contribution in [2.24, 2.45) is 7.05 Å². The zero-order valence-electron chi connectivity index (χ0n) is 16.1. The van der Waals surface area contributed by atoms with Crippen molar-refractivity contribution in [2.45, 2.75) is 45.6 Å². The van der Waals surface area contributed by atoms with Gasteiger partial charge in [-0.15, -0.1) is 0 Å². The third-order valence-corrected chi connectivity index (χ3v) is 4.17. The molecule has 7 heteroatoms. The highest BCUT2D eigenvalue weighted by Crippen LogP contribution is 2.21. The molecule has 2 heterocycles. The molecule has 3 rings (SSSR count). The molecule has 3 N–H and O–H groups in total. The van der Waals surface area contributed by atoms with E-state index in [1.54, 1.807) is 6.20 Å². The van der Waals surface area contributed by atoms with E-state index < -0.39 is 0 Å². The molecule has 146 valence electrons. The number of aromatic nitrogens is 4. The van der Waals surface area contributed by atoms with Crippen molar-refractivity contribution >= 4 is 16.7 Å². The van der Waals surface area contributed by atoms with Crippen LogP contribution in [0.5, 0.6) is 5.75 Å². The van der Waals surface area contributed by atoms with Gasteiger partial charge in [-0.1, -0.05) is 50.8 Å². The fourth-order valence-electron chi connectivity index (χ4n) is 2.69. The molecule has 0 radical (unpaired) electrons. The lowest BCUT2D eigenvalue weighted by Gasteiger charge is -2.05. The van der Waals surface area contributed by atoms with Crippen molar-refractivity contribution < 1.29 is 9.84 Å². The number of aliphatic hydroxyl groups is 1. The number of nitrogens with zero attached hydrogens (tertiary/aromatic N) is 4. The van der Waals surface area contributed by atoms with Crippen LogP contribution in [0.2, 0.25) is 0 Å². The number of nitrogens with two attached hydrogens (primary N) is 1. The van der Waals surface area contributed by atoms with Gasteiger partial charge in [0.05, 0.1) is 11.7 Å². The molecule has 0 saturated heterocycles. The molecule has 7 nitrogen and oxygen atoms in total. The van der Waals surface area contributed by atoms with Gasteiger partial charge in [-0.05, 0) is 12.5 Å². The summed E-state index contributed by atoms with van der Waals surface area (Å²) in [6.07, 6.45) is 9.01. The predicted octanol–water partition coefficient (Wildman–Crippen LogP) is 3.47. The molecule has 0 saturated carbocycles. The minimum atomic E-state index is 0.329. The maximum absolute atomic E-state index is 8.37. The highest BCUT2D eigenvalue weighted by atomic mass is 16.5. The minimum absolute atomic E-state index is 0.329. The Morgan fingerprint density at radius 2 is 1.93 bits per heavy atom. The molecular weight excluding hydrogens is 342 g/mol. The zero-order chi connectivity index (χ0) is 19.5. The maximum Gasteiger partial charge on any atom is 0.180 e. The predicted molar refractivity (Wildman–Crippen MR) is 107 cm³/mol. The Kier molecular flexibility index (Phi) is 8.51. The van der Waals surface area contributed by atoms with Gasteiger partial charge in [0, 0.05) is 19.0 Å². The number of ether oxygens (including phenoxy) is 1. The van der Waals surface area contributed by atoms with Crippen molar-refractivity contribution in [3.05, 3.63) is 42.5 Å². The summed E-state index contributed by atoms with van der Waals surface area (Å²) >= 11 is 0. The van der Waals surface area contributed by atoms with Gasteiger partial charge < -0.3 is 15.6 Å². The first kappa shape index (κ1) is 20.6. The normalized spacial score (nSPS) is 10.5. The number of nitrogen functional groups attached to an aromatic ring is 1. The molecule has 0 atom stereocenters. The standard InChI is InChI=1S/C13H13N5O.C7H16O/c1-18-11-5-3-2-4-9(11)10(17-18)7-19-12-6-15-8-16-13(12)14;1-2-3-4-5-6-7-8/h2-6,8H,7H2,1H3,(H2,14,15,16);8H,2-7H2,1H3. The topological polar surface area (TPSA) is 99.1 Å². The van der Waals surface area contributed by atoms with Crippen LogP contribution < -0.4 is 10.5 Å². The molecule has 0 aliphatic rings. The number of hydrogen-bond acceptors (Lipinski definition) is 6. The quantitative estimate of drug-likeness (QED) is 0.588. The molecule has 0 spiro atoms. The third-order valence-electron chi connectivity index (χ3n) is 4.17. The van der Waals surface area contributed by atoms with Gasteiger partial charge in [-0.25, -0.2) is 9.97 Å². The summed E-state index contributed by atoms with van der Waals surface area (Å²) in [5, 5.41) is 13.9. The second-order valence-electron chi connectivity index (χ2n) is 6.29. The van der Waals surface area contributed by atoms with Gasteiger partial charge in [-0.2, -0.15) is 5.10 Å². The Morgan fingerprint density at radius 1 is 1.15 bits per heavy atom. The number of aliphatic hydroxyl groups excluding tert-OH is 1. The van der Waals surface area contributed by atoms with Gasteiger partial charge in [0.25, 0.3) is 0 Å². The number of rotatable bonds is 8. The van der Waals surface area contributed by atoms with Crippen LogP contribution in [-0.4, -0.2) is 31.5 Å². The highest BCUT2D eigenvalue weighted by Gasteiger charge is 2.09. The Bertz CT molecular complexity index is 813. The maximum atomic E-state index is 8.37. The van der Waals surface area contributed by atoms with Crippen LogP contribution in [0.3, 0.4) is 0 Å². The van der Waals surface area contributed by atoms with Gasteiger partial charge in [0.15, 0.2) is 11.6 Å². The summed E-state index contributed by atoms with van der Waals surface area (Å²) in [4.78, 5) is 7.76. The molecule has 0 fully saturated rings. The fourth-order valence-corrected chi connectivity index (χ4v) is 2.69. The SMILES string of the molecule is CCCCCCCO.Cn1nc(COc2cncnc2N)c2ccccc21. The molecule has 0 aliphatic heterocycles. The van der Waals surface area contributed by atoms with E-state index in [9.17, 15) is 0 Å². The number of aryl methyl sites for hydroxylation is 1. The number of fused-ring (bicyclic) bond motifs is 1. The number of benzene rings is 1. The van der Waals surface area contributed by atoms with E-state index in [1.807, 2.05) is 36.0 Å². The van der Waals surface area contributed by atoms with Crippen LogP contribution in [0.25, 0.3) is 10.9 Å². The van der Waals surface area contributed by atoms with E-state index in [0.717, 1.165) is 23.0 Å². The van der Waals surface area contributed by atoms with Crippen LogP contribution in [0, 0.1) is 0 Å². The van der Waals surface area contributed by atoms with Crippen LogP contribution in [-0.2, 0) is 13.7 Å². The van der Waals surface area contributed by atoms with Crippen molar-refractivity contribution in [1.82, 2.24) is 19.7 Å². The minimum Gasteiger partial charge on any atom is -0.482 e. The smallest absolute Gasteiger partial charge is 0.180 e. The van der Waals surface area contributed by atoms with E-state index >= 15 is 0 Å². The van der Waals surface area contributed by atoms with Crippen LogP contribution in [0.1, 0.15) is 44.7 Å². The fraction of sp³-hybridized carbons (Fsp3) is 0.450. The van der Waals surface area contributed by atoms with E-state index in [1.165, 1.54) is 32.0 Å². The first-order valence-electron chi connectivity index (χ1n) is 9.37. The van der Waals surface area contributed by atoms with E-state index in [0.29, 0.717) is 24.8 Å². The van der Waals surface area contributed by atoms with Crippen molar-refractivity contribution in [1.29, 1.82) is 0 Å². The molecule has 0 aliphatic carbocycles. The molecule has 27 heavy (non-hydrogen) atoms. The monoisotopic (exact) mass is 371 g/mol. The van der Waals surface area contributed by atoms with Crippen molar-refractivity contribution in [3.63, 3.8) is 0 Å². The number of hydrogen-bond donors (Lipinski definition) is 2. The number of anilines is 1. The molecule has 3 aromatic rings. The van der Waals surface area contributed by atoms with Crippen molar-refractivity contribution in [3.8, 4) is 5.75 Å². The Hall–Kier alpha value is -2.67. The van der Waals surface area contributed by atoms with Gasteiger partial charge in [-0.3, -0.25) is 4.68 Å². The second kappa shape index (κ2) is 11.1. The average molecular weight is 371 g/mol. The first-order valence-corrected chi connectivity index (χ1v) is 9.37. The molecule has 1 aromatic carbocycles. The molecular formula is C20H29N5O2. The summed E-state index contributed by atoms with van der Waals surface area (Å²) in [6.45, 7) is 2.89. The Labute approximate surface area is 160 Å². The molecule has 0 bridgehead atoms. The Morgan fingerprint density at radius 3 is 2.67 bits per heavy atom. The van der Waals surface area contributed by atoms with Gasteiger partial charge in [0.2, 0.25) is 0 Å². The third kappa shape index (κ3) is 6.21. The molecule has 2 aromatic heterocycles. The summed E-state index contributed by atoms with van der Waals surface area (Å²) in [7, 11) is 1.91. The van der Waals surface area contributed by atoms with E-state index in [-0.39, 0.29) is 0 Å². The summed E-state index contributed by atoms with van der Waals surface area (Å²) in [5.74, 6) is 0.799. The lowest BCUT2D eigenvalue weighted by atomic mass is 10.2. The lowest BCUT2D eigenvalue weighted by Crippen LogP contribution is -2.02. The van der Waals surface area contributed by atoms with Gasteiger partial charge >= 0.3 is 0 Å².